The lowest BCUT2D eigenvalue weighted by atomic mass is 10.0. The summed E-state index contributed by atoms with van der Waals surface area (Å²) in [7, 11) is 1.57. The van der Waals surface area contributed by atoms with Crippen LogP contribution in [0.15, 0.2) is 48.5 Å². The molecule has 0 spiro atoms. The molecule has 2 aromatic carbocycles. The van der Waals surface area contributed by atoms with Crippen molar-refractivity contribution in [3.05, 3.63) is 59.8 Å². The summed E-state index contributed by atoms with van der Waals surface area (Å²) in [5.74, 6) is 0.317. The van der Waals surface area contributed by atoms with Crippen LogP contribution in [-0.4, -0.2) is 41.4 Å². The fourth-order valence-corrected chi connectivity index (χ4v) is 4.38. The SMILES string of the molecule is COc1cccc(N2C(=O)C[C@@H](N3CCc4[nH]c5ccccc5c4C3)C2=O)c1. The number of carbonyl (C=O) groups excluding carboxylic acids is 2. The smallest absolute Gasteiger partial charge is 0.251 e. The number of rotatable bonds is 3. The molecule has 3 heterocycles. The van der Waals surface area contributed by atoms with Gasteiger partial charge in [0.05, 0.1) is 25.3 Å². The van der Waals surface area contributed by atoms with Crippen molar-refractivity contribution in [2.75, 3.05) is 18.6 Å². The highest BCUT2D eigenvalue weighted by Gasteiger charge is 2.43. The van der Waals surface area contributed by atoms with Gasteiger partial charge in [-0.25, -0.2) is 4.90 Å². The number of methoxy groups -OCH3 is 1. The number of anilines is 1. The van der Waals surface area contributed by atoms with E-state index in [1.54, 1.807) is 31.4 Å². The third-order valence-corrected chi connectivity index (χ3v) is 5.79. The molecule has 0 saturated carbocycles. The van der Waals surface area contributed by atoms with Gasteiger partial charge in [-0.2, -0.15) is 0 Å². The van der Waals surface area contributed by atoms with Crippen LogP contribution in [-0.2, 0) is 22.6 Å². The maximum absolute atomic E-state index is 13.1. The minimum atomic E-state index is -0.416. The molecule has 0 bridgehead atoms. The summed E-state index contributed by atoms with van der Waals surface area (Å²) in [5, 5.41) is 1.20. The molecule has 6 nitrogen and oxygen atoms in total. The molecule has 5 rings (SSSR count). The number of H-pyrrole nitrogens is 1. The second kappa shape index (κ2) is 6.49. The molecule has 0 unspecified atom stereocenters. The van der Waals surface area contributed by atoms with Crippen LogP contribution in [0.5, 0.6) is 5.75 Å². The first kappa shape index (κ1) is 17.0. The number of amides is 2. The molecule has 2 amide bonds. The first-order chi connectivity index (χ1) is 13.7. The van der Waals surface area contributed by atoms with Gasteiger partial charge in [0.1, 0.15) is 5.75 Å². The Balaban J connectivity index is 1.43. The molecule has 6 heteroatoms. The zero-order chi connectivity index (χ0) is 19.3. The van der Waals surface area contributed by atoms with Crippen LogP contribution in [0.1, 0.15) is 17.7 Å². The third kappa shape index (κ3) is 2.60. The van der Waals surface area contributed by atoms with Gasteiger partial charge in [0.15, 0.2) is 0 Å². The quantitative estimate of drug-likeness (QED) is 0.715. The van der Waals surface area contributed by atoms with Gasteiger partial charge in [0, 0.05) is 42.2 Å². The van der Waals surface area contributed by atoms with E-state index in [1.807, 2.05) is 12.1 Å². The lowest BCUT2D eigenvalue weighted by Gasteiger charge is -2.31. The van der Waals surface area contributed by atoms with E-state index in [2.05, 4.69) is 22.0 Å². The largest absolute Gasteiger partial charge is 0.497 e. The summed E-state index contributed by atoms with van der Waals surface area (Å²) in [5.41, 5.74) is 4.17. The van der Waals surface area contributed by atoms with Crippen LogP contribution in [0, 0.1) is 0 Å². The summed E-state index contributed by atoms with van der Waals surface area (Å²) in [4.78, 5) is 32.8. The number of aromatic nitrogens is 1. The Morgan fingerprint density at radius 2 is 1.96 bits per heavy atom. The number of nitrogens with zero attached hydrogens (tertiary/aromatic N) is 2. The fraction of sp³-hybridized carbons (Fsp3) is 0.273. The van der Waals surface area contributed by atoms with Crippen molar-refractivity contribution in [2.24, 2.45) is 0 Å². The lowest BCUT2D eigenvalue weighted by Crippen LogP contribution is -2.44. The van der Waals surface area contributed by atoms with E-state index < -0.39 is 6.04 Å². The molecule has 1 fully saturated rings. The van der Waals surface area contributed by atoms with E-state index >= 15 is 0 Å². The Kier molecular flexibility index (Phi) is 3.94. The van der Waals surface area contributed by atoms with E-state index in [1.165, 1.54) is 21.5 Å². The summed E-state index contributed by atoms with van der Waals surface area (Å²) in [6, 6.07) is 14.9. The zero-order valence-corrected chi connectivity index (χ0v) is 15.6. The average Bonchev–Trinajstić information content (AvgIpc) is 3.24. The molecule has 28 heavy (non-hydrogen) atoms. The van der Waals surface area contributed by atoms with Crippen molar-refractivity contribution >= 4 is 28.4 Å². The number of nitrogens with one attached hydrogen (secondary N) is 1. The van der Waals surface area contributed by atoms with Crippen LogP contribution < -0.4 is 9.64 Å². The van der Waals surface area contributed by atoms with Crippen LogP contribution in [0.2, 0.25) is 0 Å². The Morgan fingerprint density at radius 1 is 1.11 bits per heavy atom. The first-order valence-electron chi connectivity index (χ1n) is 9.49. The van der Waals surface area contributed by atoms with Crippen LogP contribution in [0.25, 0.3) is 10.9 Å². The second-order valence-electron chi connectivity index (χ2n) is 7.34. The molecule has 1 atom stereocenters. The van der Waals surface area contributed by atoms with Gasteiger partial charge in [0.25, 0.3) is 5.91 Å². The number of hydrogen-bond acceptors (Lipinski definition) is 4. The number of ether oxygens (including phenoxy) is 1. The second-order valence-corrected chi connectivity index (χ2v) is 7.34. The summed E-state index contributed by atoms with van der Waals surface area (Å²) < 4.78 is 5.24. The van der Waals surface area contributed by atoms with Crippen molar-refractivity contribution < 1.29 is 14.3 Å². The predicted octanol–water partition coefficient (Wildman–Crippen LogP) is 2.87. The van der Waals surface area contributed by atoms with E-state index in [0.29, 0.717) is 18.0 Å². The minimum Gasteiger partial charge on any atom is -0.497 e. The standard InChI is InChI=1S/C22H21N3O3/c1-28-15-6-4-5-14(11-15)25-21(26)12-20(22(25)27)24-10-9-19-17(13-24)16-7-2-3-8-18(16)23-19/h2-8,11,20,23H,9-10,12-13H2,1H3/t20-/m1/s1. The first-order valence-corrected chi connectivity index (χ1v) is 9.49. The predicted molar refractivity (Wildman–Crippen MR) is 106 cm³/mol. The summed E-state index contributed by atoms with van der Waals surface area (Å²) in [6.45, 7) is 1.43. The van der Waals surface area contributed by atoms with Crippen molar-refractivity contribution in [3.63, 3.8) is 0 Å². The molecule has 142 valence electrons. The topological polar surface area (TPSA) is 65.6 Å². The summed E-state index contributed by atoms with van der Waals surface area (Å²) in [6.07, 6.45) is 1.06. The molecule has 1 aromatic heterocycles. The van der Waals surface area contributed by atoms with Gasteiger partial charge in [-0.3, -0.25) is 14.5 Å². The van der Waals surface area contributed by atoms with Gasteiger partial charge in [-0.1, -0.05) is 24.3 Å². The molecule has 0 radical (unpaired) electrons. The zero-order valence-electron chi connectivity index (χ0n) is 15.6. The van der Waals surface area contributed by atoms with Gasteiger partial charge in [-0.15, -0.1) is 0 Å². The lowest BCUT2D eigenvalue weighted by molar-refractivity contribution is -0.123. The van der Waals surface area contributed by atoms with Gasteiger partial charge in [-0.05, 0) is 23.8 Å². The number of para-hydroxylation sites is 1. The minimum absolute atomic E-state index is 0.151. The Labute approximate surface area is 162 Å². The van der Waals surface area contributed by atoms with Crippen molar-refractivity contribution in [1.29, 1.82) is 0 Å². The molecule has 2 aliphatic heterocycles. The van der Waals surface area contributed by atoms with Crippen LogP contribution in [0.3, 0.4) is 0 Å². The molecular formula is C22H21N3O3. The average molecular weight is 375 g/mol. The van der Waals surface area contributed by atoms with Gasteiger partial charge in [0.2, 0.25) is 5.91 Å². The van der Waals surface area contributed by atoms with E-state index in [4.69, 9.17) is 4.74 Å². The van der Waals surface area contributed by atoms with E-state index in [0.717, 1.165) is 18.5 Å². The highest BCUT2D eigenvalue weighted by atomic mass is 16.5. The molecular weight excluding hydrogens is 354 g/mol. The number of hydrogen-bond donors (Lipinski definition) is 1. The van der Waals surface area contributed by atoms with Crippen molar-refractivity contribution in [3.8, 4) is 5.75 Å². The number of imide groups is 1. The number of carbonyl (C=O) groups is 2. The molecule has 1 saturated heterocycles. The molecule has 0 aliphatic carbocycles. The molecule has 3 aromatic rings. The number of benzene rings is 2. The normalized spacial score (nSPS) is 20.0. The fourth-order valence-electron chi connectivity index (χ4n) is 4.38. The highest BCUT2D eigenvalue weighted by Crippen LogP contribution is 2.33. The monoisotopic (exact) mass is 375 g/mol. The Hall–Kier alpha value is -3.12. The van der Waals surface area contributed by atoms with Crippen molar-refractivity contribution in [2.45, 2.75) is 25.4 Å². The molecule has 1 N–H and O–H groups in total. The van der Waals surface area contributed by atoms with Gasteiger partial charge >= 0.3 is 0 Å². The highest BCUT2D eigenvalue weighted by molar-refractivity contribution is 6.22. The van der Waals surface area contributed by atoms with E-state index in [9.17, 15) is 9.59 Å². The third-order valence-electron chi connectivity index (χ3n) is 5.79. The number of aromatic amines is 1. The Bertz CT molecular complexity index is 1090. The van der Waals surface area contributed by atoms with Crippen LogP contribution in [0.4, 0.5) is 5.69 Å². The van der Waals surface area contributed by atoms with Crippen LogP contribution >= 0.6 is 0 Å². The van der Waals surface area contributed by atoms with Gasteiger partial charge < -0.3 is 9.72 Å². The maximum Gasteiger partial charge on any atom is 0.251 e. The summed E-state index contributed by atoms with van der Waals surface area (Å²) >= 11 is 0. The maximum atomic E-state index is 13.1. The number of fused-ring (bicyclic) bond motifs is 3. The Morgan fingerprint density at radius 3 is 2.82 bits per heavy atom. The van der Waals surface area contributed by atoms with Crippen molar-refractivity contribution in [1.82, 2.24) is 9.88 Å². The van der Waals surface area contributed by atoms with E-state index in [-0.39, 0.29) is 18.2 Å². The molecule has 2 aliphatic rings.